The van der Waals surface area contributed by atoms with Gasteiger partial charge in [-0.15, -0.1) is 0 Å². The monoisotopic (exact) mass is 219 g/mol. The summed E-state index contributed by atoms with van der Waals surface area (Å²) in [6, 6.07) is 9.33. The average molecular weight is 219 g/mol. The molecule has 0 aliphatic heterocycles. The van der Waals surface area contributed by atoms with Gasteiger partial charge in [0.2, 0.25) is 0 Å². The molecular formula is C14H21NO. The molecule has 1 saturated carbocycles. The third kappa shape index (κ3) is 2.83. The first-order chi connectivity index (χ1) is 7.70. The molecule has 2 heteroatoms. The van der Waals surface area contributed by atoms with Gasteiger partial charge in [-0.05, 0) is 38.2 Å². The van der Waals surface area contributed by atoms with Gasteiger partial charge in [-0.3, -0.25) is 0 Å². The minimum atomic E-state index is 0.173. The van der Waals surface area contributed by atoms with Gasteiger partial charge in [0.05, 0.1) is 6.61 Å². The number of hydrogen-bond acceptors (Lipinski definition) is 2. The van der Waals surface area contributed by atoms with E-state index in [2.05, 4.69) is 36.5 Å². The Hall–Kier alpha value is -0.860. The van der Waals surface area contributed by atoms with Crippen LogP contribution in [0.3, 0.4) is 0 Å². The molecule has 0 radical (unpaired) electrons. The Kier molecular flexibility index (Phi) is 3.62. The summed E-state index contributed by atoms with van der Waals surface area (Å²) in [6.45, 7) is 4.35. The van der Waals surface area contributed by atoms with Gasteiger partial charge in [0.15, 0.2) is 0 Å². The van der Waals surface area contributed by atoms with Gasteiger partial charge in [-0.25, -0.2) is 0 Å². The van der Waals surface area contributed by atoms with Crippen LogP contribution in [0.15, 0.2) is 24.3 Å². The van der Waals surface area contributed by atoms with Gasteiger partial charge in [0.1, 0.15) is 0 Å². The SMILES string of the molecule is Cc1ccc(C(N[C@@H](C)CO)C2CC2)cc1. The topological polar surface area (TPSA) is 32.3 Å². The lowest BCUT2D eigenvalue weighted by molar-refractivity contribution is 0.236. The Labute approximate surface area is 97.7 Å². The highest BCUT2D eigenvalue weighted by molar-refractivity contribution is 5.25. The lowest BCUT2D eigenvalue weighted by Crippen LogP contribution is -2.34. The van der Waals surface area contributed by atoms with Crippen molar-refractivity contribution in [1.29, 1.82) is 0 Å². The first-order valence-corrected chi connectivity index (χ1v) is 6.14. The van der Waals surface area contributed by atoms with Crippen LogP contribution in [0.25, 0.3) is 0 Å². The number of benzene rings is 1. The third-order valence-electron chi connectivity index (χ3n) is 3.27. The van der Waals surface area contributed by atoms with E-state index in [1.807, 2.05) is 6.92 Å². The van der Waals surface area contributed by atoms with Crippen molar-refractivity contribution in [2.45, 2.75) is 38.8 Å². The van der Waals surface area contributed by atoms with E-state index in [4.69, 9.17) is 5.11 Å². The van der Waals surface area contributed by atoms with E-state index in [1.165, 1.54) is 24.0 Å². The number of aryl methyl sites for hydroxylation is 1. The molecule has 0 aromatic heterocycles. The minimum absolute atomic E-state index is 0.173. The van der Waals surface area contributed by atoms with Crippen molar-refractivity contribution in [2.24, 2.45) is 5.92 Å². The quantitative estimate of drug-likeness (QED) is 0.797. The highest BCUT2D eigenvalue weighted by Gasteiger charge is 2.32. The molecule has 2 rings (SSSR count). The largest absolute Gasteiger partial charge is 0.395 e. The van der Waals surface area contributed by atoms with E-state index < -0.39 is 0 Å². The van der Waals surface area contributed by atoms with Crippen LogP contribution in [0.5, 0.6) is 0 Å². The summed E-state index contributed by atoms with van der Waals surface area (Å²) in [7, 11) is 0. The predicted molar refractivity (Wildman–Crippen MR) is 66.3 cm³/mol. The molecule has 2 atom stereocenters. The van der Waals surface area contributed by atoms with Gasteiger partial charge in [-0.2, -0.15) is 0 Å². The maximum absolute atomic E-state index is 9.11. The van der Waals surface area contributed by atoms with Crippen molar-refractivity contribution in [3.05, 3.63) is 35.4 Å². The predicted octanol–water partition coefficient (Wildman–Crippen LogP) is 2.42. The number of rotatable bonds is 5. The highest BCUT2D eigenvalue weighted by atomic mass is 16.3. The van der Waals surface area contributed by atoms with Crippen LogP contribution in [-0.4, -0.2) is 17.8 Å². The third-order valence-corrected chi connectivity index (χ3v) is 3.27. The molecule has 0 spiro atoms. The van der Waals surface area contributed by atoms with Gasteiger partial charge < -0.3 is 10.4 Å². The van der Waals surface area contributed by atoms with E-state index >= 15 is 0 Å². The molecule has 88 valence electrons. The molecule has 0 heterocycles. The van der Waals surface area contributed by atoms with E-state index in [0.29, 0.717) is 6.04 Å². The van der Waals surface area contributed by atoms with Gasteiger partial charge in [0.25, 0.3) is 0 Å². The first kappa shape index (κ1) is 11.6. The van der Waals surface area contributed by atoms with E-state index in [0.717, 1.165) is 5.92 Å². The van der Waals surface area contributed by atoms with Crippen LogP contribution in [-0.2, 0) is 0 Å². The number of aliphatic hydroxyl groups is 1. The lowest BCUT2D eigenvalue weighted by atomic mass is 10.0. The Morgan fingerprint density at radius 1 is 1.31 bits per heavy atom. The Bertz CT molecular complexity index is 329. The summed E-state index contributed by atoms with van der Waals surface area (Å²) >= 11 is 0. The normalized spacial score (nSPS) is 19.4. The summed E-state index contributed by atoms with van der Waals surface area (Å²) in [6.07, 6.45) is 2.62. The van der Waals surface area contributed by atoms with Gasteiger partial charge in [-0.1, -0.05) is 29.8 Å². The van der Waals surface area contributed by atoms with Crippen molar-refractivity contribution in [3.8, 4) is 0 Å². The molecule has 1 aromatic rings. The van der Waals surface area contributed by atoms with Crippen LogP contribution in [0.2, 0.25) is 0 Å². The molecule has 0 bridgehead atoms. The lowest BCUT2D eigenvalue weighted by Gasteiger charge is -2.22. The molecule has 1 aromatic carbocycles. The zero-order chi connectivity index (χ0) is 11.5. The molecular weight excluding hydrogens is 198 g/mol. The fourth-order valence-corrected chi connectivity index (χ4v) is 2.07. The Balaban J connectivity index is 2.09. The second-order valence-corrected chi connectivity index (χ2v) is 4.98. The van der Waals surface area contributed by atoms with Crippen molar-refractivity contribution in [2.75, 3.05) is 6.61 Å². The summed E-state index contributed by atoms with van der Waals surface area (Å²) in [5, 5.41) is 12.6. The summed E-state index contributed by atoms with van der Waals surface area (Å²) < 4.78 is 0. The van der Waals surface area contributed by atoms with Crippen LogP contribution in [0.4, 0.5) is 0 Å². The molecule has 2 nitrogen and oxygen atoms in total. The van der Waals surface area contributed by atoms with Crippen molar-refractivity contribution >= 4 is 0 Å². The summed E-state index contributed by atoms with van der Waals surface area (Å²) in [5.74, 6) is 0.761. The van der Waals surface area contributed by atoms with Crippen LogP contribution in [0, 0.1) is 12.8 Å². The maximum Gasteiger partial charge on any atom is 0.0582 e. The van der Waals surface area contributed by atoms with E-state index in [9.17, 15) is 0 Å². The van der Waals surface area contributed by atoms with Crippen molar-refractivity contribution < 1.29 is 5.11 Å². The van der Waals surface area contributed by atoms with Crippen molar-refractivity contribution in [3.63, 3.8) is 0 Å². The zero-order valence-electron chi connectivity index (χ0n) is 10.1. The molecule has 0 saturated heterocycles. The number of hydrogen-bond donors (Lipinski definition) is 2. The molecule has 1 fully saturated rings. The second kappa shape index (κ2) is 4.98. The average Bonchev–Trinajstić information content (AvgIpc) is 3.11. The second-order valence-electron chi connectivity index (χ2n) is 4.98. The van der Waals surface area contributed by atoms with E-state index in [-0.39, 0.29) is 12.6 Å². The van der Waals surface area contributed by atoms with Crippen LogP contribution >= 0.6 is 0 Å². The number of aliphatic hydroxyl groups excluding tert-OH is 1. The Morgan fingerprint density at radius 2 is 1.94 bits per heavy atom. The molecule has 2 N–H and O–H groups in total. The molecule has 1 aliphatic carbocycles. The fourth-order valence-electron chi connectivity index (χ4n) is 2.07. The smallest absolute Gasteiger partial charge is 0.0582 e. The first-order valence-electron chi connectivity index (χ1n) is 6.14. The highest BCUT2D eigenvalue weighted by Crippen LogP contribution is 2.41. The molecule has 1 aliphatic rings. The van der Waals surface area contributed by atoms with E-state index in [1.54, 1.807) is 0 Å². The van der Waals surface area contributed by atoms with Gasteiger partial charge in [0, 0.05) is 12.1 Å². The zero-order valence-corrected chi connectivity index (χ0v) is 10.1. The number of nitrogens with one attached hydrogen (secondary N) is 1. The maximum atomic E-state index is 9.11. The summed E-state index contributed by atoms with van der Waals surface area (Å²) in [5.41, 5.74) is 2.65. The van der Waals surface area contributed by atoms with Crippen LogP contribution in [0.1, 0.15) is 36.9 Å². The standard InChI is InChI=1S/C14H21NO/c1-10-3-5-12(6-4-10)14(13-7-8-13)15-11(2)9-16/h3-6,11,13-16H,7-9H2,1-2H3/t11-,14?/m0/s1. The Morgan fingerprint density at radius 3 is 2.44 bits per heavy atom. The van der Waals surface area contributed by atoms with Crippen LogP contribution < -0.4 is 5.32 Å². The molecule has 1 unspecified atom stereocenters. The van der Waals surface area contributed by atoms with Gasteiger partial charge >= 0.3 is 0 Å². The summed E-state index contributed by atoms with van der Waals surface area (Å²) in [4.78, 5) is 0. The molecule has 16 heavy (non-hydrogen) atoms. The van der Waals surface area contributed by atoms with Crippen molar-refractivity contribution in [1.82, 2.24) is 5.32 Å². The minimum Gasteiger partial charge on any atom is -0.395 e. The molecule has 0 amide bonds. The fraction of sp³-hybridized carbons (Fsp3) is 0.571.